The molecule has 2 saturated heterocycles. The predicted molar refractivity (Wildman–Crippen MR) is 101 cm³/mol. The third-order valence-electron chi connectivity index (χ3n) is 4.70. The van der Waals surface area contributed by atoms with Crippen molar-refractivity contribution in [2.75, 3.05) is 65.3 Å². The van der Waals surface area contributed by atoms with E-state index in [4.69, 9.17) is 9.73 Å². The molecule has 1 N–H and O–H groups in total. The van der Waals surface area contributed by atoms with Gasteiger partial charge in [-0.1, -0.05) is 0 Å². The van der Waals surface area contributed by atoms with Crippen molar-refractivity contribution in [2.24, 2.45) is 10.9 Å². The SMILES string of the molecule is CCNC(=NCC(C)(C)SC)N1CCC(CN2CCOCC2)C1. The third-order valence-corrected chi connectivity index (χ3v) is 5.94. The van der Waals surface area contributed by atoms with Gasteiger partial charge in [0.1, 0.15) is 0 Å². The Morgan fingerprint density at radius 1 is 1.30 bits per heavy atom. The van der Waals surface area contributed by atoms with Gasteiger partial charge in [-0.3, -0.25) is 9.89 Å². The van der Waals surface area contributed by atoms with Crippen LogP contribution in [-0.2, 0) is 4.74 Å². The lowest BCUT2D eigenvalue weighted by Gasteiger charge is -2.29. The maximum absolute atomic E-state index is 5.45. The lowest BCUT2D eigenvalue weighted by molar-refractivity contribution is 0.0315. The van der Waals surface area contributed by atoms with E-state index in [0.717, 1.165) is 64.4 Å². The second-order valence-corrected chi connectivity index (χ2v) is 8.66. The van der Waals surface area contributed by atoms with Gasteiger partial charge in [0, 0.05) is 44.0 Å². The molecule has 2 aliphatic rings. The molecule has 2 rings (SSSR count). The quantitative estimate of drug-likeness (QED) is 0.588. The van der Waals surface area contributed by atoms with Gasteiger partial charge in [0.15, 0.2) is 5.96 Å². The molecule has 0 radical (unpaired) electrons. The molecule has 5 nitrogen and oxygen atoms in total. The smallest absolute Gasteiger partial charge is 0.193 e. The van der Waals surface area contributed by atoms with Crippen LogP contribution in [0.3, 0.4) is 0 Å². The average Bonchev–Trinajstić information content (AvgIpc) is 3.01. The van der Waals surface area contributed by atoms with Crippen molar-refractivity contribution in [3.05, 3.63) is 0 Å². The summed E-state index contributed by atoms with van der Waals surface area (Å²) >= 11 is 1.88. The van der Waals surface area contributed by atoms with Gasteiger partial charge in [-0.15, -0.1) is 0 Å². The minimum atomic E-state index is 0.202. The molecular formula is C17H34N4OS. The molecule has 1 unspecified atom stereocenters. The van der Waals surface area contributed by atoms with Crippen molar-refractivity contribution < 1.29 is 4.74 Å². The summed E-state index contributed by atoms with van der Waals surface area (Å²) in [7, 11) is 0. The molecule has 1 atom stereocenters. The van der Waals surface area contributed by atoms with E-state index in [1.807, 2.05) is 11.8 Å². The zero-order valence-corrected chi connectivity index (χ0v) is 16.1. The Morgan fingerprint density at radius 3 is 2.70 bits per heavy atom. The van der Waals surface area contributed by atoms with E-state index in [0.29, 0.717) is 0 Å². The molecule has 0 bridgehead atoms. The van der Waals surface area contributed by atoms with Crippen LogP contribution < -0.4 is 5.32 Å². The highest BCUT2D eigenvalue weighted by molar-refractivity contribution is 7.99. The number of ether oxygens (including phenoxy) is 1. The van der Waals surface area contributed by atoms with E-state index < -0.39 is 0 Å². The molecule has 0 aliphatic carbocycles. The van der Waals surface area contributed by atoms with Crippen molar-refractivity contribution in [3.8, 4) is 0 Å². The number of nitrogens with zero attached hydrogens (tertiary/aromatic N) is 3. The number of morpholine rings is 1. The summed E-state index contributed by atoms with van der Waals surface area (Å²) in [6.07, 6.45) is 3.43. The standard InChI is InChI=1S/C17H34N4OS/c1-5-18-16(19-14-17(2,3)23-4)21-7-6-15(13-21)12-20-8-10-22-11-9-20/h15H,5-14H2,1-4H3,(H,18,19). The van der Waals surface area contributed by atoms with E-state index >= 15 is 0 Å². The van der Waals surface area contributed by atoms with Gasteiger partial charge in [0.2, 0.25) is 0 Å². The first-order valence-corrected chi connectivity index (χ1v) is 10.1. The first-order valence-electron chi connectivity index (χ1n) is 8.92. The van der Waals surface area contributed by atoms with E-state index in [9.17, 15) is 0 Å². The molecule has 0 saturated carbocycles. The molecular weight excluding hydrogens is 308 g/mol. The monoisotopic (exact) mass is 342 g/mol. The molecule has 2 aliphatic heterocycles. The van der Waals surface area contributed by atoms with Crippen LogP contribution in [0.2, 0.25) is 0 Å². The maximum atomic E-state index is 5.45. The van der Waals surface area contributed by atoms with E-state index in [1.54, 1.807) is 0 Å². The van der Waals surface area contributed by atoms with Crippen LogP contribution in [0.5, 0.6) is 0 Å². The number of rotatable bonds is 6. The first kappa shape index (κ1) is 18.9. The van der Waals surface area contributed by atoms with Crippen LogP contribution in [0.1, 0.15) is 27.2 Å². The molecule has 0 aromatic carbocycles. The van der Waals surface area contributed by atoms with Gasteiger partial charge in [-0.05, 0) is 39.4 Å². The van der Waals surface area contributed by atoms with Crippen LogP contribution in [-0.4, -0.2) is 85.8 Å². The molecule has 134 valence electrons. The number of nitrogens with one attached hydrogen (secondary N) is 1. The number of guanidine groups is 1. The molecule has 0 aromatic heterocycles. The minimum Gasteiger partial charge on any atom is -0.379 e. The number of hydrogen-bond acceptors (Lipinski definition) is 4. The zero-order chi connectivity index (χ0) is 16.7. The Bertz CT molecular complexity index is 383. The number of likely N-dealkylation sites (tertiary alicyclic amines) is 1. The van der Waals surface area contributed by atoms with Crippen LogP contribution in [0, 0.1) is 5.92 Å². The van der Waals surface area contributed by atoms with Crippen LogP contribution in [0.15, 0.2) is 4.99 Å². The highest BCUT2D eigenvalue weighted by Crippen LogP contribution is 2.22. The molecule has 2 heterocycles. The topological polar surface area (TPSA) is 40.1 Å². The number of thioether (sulfide) groups is 1. The summed E-state index contributed by atoms with van der Waals surface area (Å²) in [6.45, 7) is 15.9. The van der Waals surface area contributed by atoms with Gasteiger partial charge in [0.25, 0.3) is 0 Å². The molecule has 0 aromatic rings. The van der Waals surface area contributed by atoms with Gasteiger partial charge >= 0.3 is 0 Å². The fraction of sp³-hybridized carbons (Fsp3) is 0.941. The molecule has 0 spiro atoms. The Balaban J connectivity index is 1.86. The summed E-state index contributed by atoms with van der Waals surface area (Å²) in [5.74, 6) is 1.85. The van der Waals surface area contributed by atoms with Crippen molar-refractivity contribution in [1.29, 1.82) is 0 Å². The number of hydrogen-bond donors (Lipinski definition) is 1. The van der Waals surface area contributed by atoms with Crippen molar-refractivity contribution in [2.45, 2.75) is 31.9 Å². The predicted octanol–water partition coefficient (Wildman–Crippen LogP) is 1.75. The Morgan fingerprint density at radius 2 is 2.04 bits per heavy atom. The second kappa shape index (κ2) is 9.14. The van der Waals surface area contributed by atoms with Crippen molar-refractivity contribution in [3.63, 3.8) is 0 Å². The molecule has 2 fully saturated rings. The van der Waals surface area contributed by atoms with Crippen LogP contribution >= 0.6 is 11.8 Å². The first-order chi connectivity index (χ1) is 11.0. The normalized spacial score (nSPS) is 24.3. The molecule has 0 amide bonds. The zero-order valence-electron chi connectivity index (χ0n) is 15.3. The van der Waals surface area contributed by atoms with E-state index in [2.05, 4.69) is 42.1 Å². The van der Waals surface area contributed by atoms with Gasteiger partial charge in [-0.25, -0.2) is 0 Å². The summed E-state index contributed by atoms with van der Waals surface area (Å²) in [4.78, 5) is 9.90. The highest BCUT2D eigenvalue weighted by atomic mass is 32.2. The number of aliphatic imine (C=N–C) groups is 1. The van der Waals surface area contributed by atoms with Crippen LogP contribution in [0.25, 0.3) is 0 Å². The summed E-state index contributed by atoms with van der Waals surface area (Å²) < 4.78 is 5.65. The lowest BCUT2D eigenvalue weighted by Crippen LogP contribution is -2.43. The lowest BCUT2D eigenvalue weighted by atomic mass is 10.1. The van der Waals surface area contributed by atoms with E-state index in [1.165, 1.54) is 13.0 Å². The van der Waals surface area contributed by atoms with E-state index in [-0.39, 0.29) is 4.75 Å². The maximum Gasteiger partial charge on any atom is 0.193 e. The Hall–Kier alpha value is -0.460. The fourth-order valence-corrected chi connectivity index (χ4v) is 3.27. The van der Waals surface area contributed by atoms with Crippen LogP contribution in [0.4, 0.5) is 0 Å². The van der Waals surface area contributed by atoms with Crippen molar-refractivity contribution in [1.82, 2.24) is 15.1 Å². The second-order valence-electron chi connectivity index (χ2n) is 7.15. The summed E-state index contributed by atoms with van der Waals surface area (Å²) in [5.41, 5.74) is 0. The third kappa shape index (κ3) is 6.16. The largest absolute Gasteiger partial charge is 0.379 e. The fourth-order valence-electron chi connectivity index (χ4n) is 3.08. The highest BCUT2D eigenvalue weighted by Gasteiger charge is 2.27. The Labute approximate surface area is 146 Å². The van der Waals surface area contributed by atoms with Gasteiger partial charge in [0.05, 0.1) is 19.8 Å². The minimum absolute atomic E-state index is 0.202. The summed E-state index contributed by atoms with van der Waals surface area (Å²) in [6, 6.07) is 0. The molecule has 6 heteroatoms. The van der Waals surface area contributed by atoms with Crippen molar-refractivity contribution >= 4 is 17.7 Å². The van der Waals surface area contributed by atoms with Gasteiger partial charge in [-0.2, -0.15) is 11.8 Å². The Kier molecular flexibility index (Phi) is 7.50. The van der Waals surface area contributed by atoms with Gasteiger partial charge < -0.3 is 15.0 Å². The average molecular weight is 343 g/mol. The summed E-state index contributed by atoms with van der Waals surface area (Å²) in [5, 5.41) is 3.48. The molecule has 23 heavy (non-hydrogen) atoms.